The zero-order valence-electron chi connectivity index (χ0n) is 37.6. The molecule has 3 aliphatic rings. The highest BCUT2D eigenvalue weighted by atomic mass is 14.5. The van der Waals surface area contributed by atoms with Crippen molar-refractivity contribution in [3.05, 3.63) is 265 Å². The van der Waals surface area contributed by atoms with E-state index in [-0.39, 0.29) is 0 Å². The van der Waals surface area contributed by atoms with Crippen LogP contribution in [0.1, 0.15) is 22.3 Å². The molecule has 0 aliphatic heterocycles. The smallest absolute Gasteiger partial charge is 0.0622 e. The maximum absolute atomic E-state index is 2.60. The van der Waals surface area contributed by atoms with Crippen molar-refractivity contribution in [3.63, 3.8) is 0 Å². The van der Waals surface area contributed by atoms with Gasteiger partial charge >= 0.3 is 0 Å². The second kappa shape index (κ2) is 13.6. The topological polar surface area (TPSA) is 0 Å². The van der Waals surface area contributed by atoms with Crippen LogP contribution < -0.4 is 0 Å². The Hall–Kier alpha value is -8.84. The van der Waals surface area contributed by atoms with Gasteiger partial charge < -0.3 is 0 Å². The molecule has 0 heterocycles. The Kier molecular flexibility index (Phi) is 7.36. The van der Waals surface area contributed by atoms with E-state index in [2.05, 4.69) is 243 Å². The fourth-order valence-electron chi connectivity index (χ4n) is 13.8. The maximum atomic E-state index is 2.60. The molecule has 0 unspecified atom stereocenters. The van der Waals surface area contributed by atoms with Gasteiger partial charge in [0.1, 0.15) is 0 Å². The van der Waals surface area contributed by atoms with Gasteiger partial charge in [0.25, 0.3) is 0 Å². The summed E-state index contributed by atoms with van der Waals surface area (Å²) in [4.78, 5) is 0. The summed E-state index contributed by atoms with van der Waals surface area (Å²) in [6, 6.07) is 91.8. The van der Waals surface area contributed by atoms with Crippen molar-refractivity contribution in [1.82, 2.24) is 0 Å². The Morgan fingerprint density at radius 2 is 0.609 bits per heavy atom. The second-order valence-corrected chi connectivity index (χ2v) is 19.2. The van der Waals surface area contributed by atoms with Crippen LogP contribution in [-0.2, 0) is 5.41 Å². The summed E-state index contributed by atoms with van der Waals surface area (Å²) < 4.78 is 0. The fraction of sp³-hybridized carbons (Fsp3) is 0.0145. The zero-order valence-corrected chi connectivity index (χ0v) is 37.6. The van der Waals surface area contributed by atoms with Crippen LogP contribution >= 0.6 is 0 Å². The van der Waals surface area contributed by atoms with Crippen LogP contribution in [-0.4, -0.2) is 0 Å². The molecule has 0 saturated carbocycles. The molecule has 0 nitrogen and oxygen atoms in total. The summed E-state index contributed by atoms with van der Waals surface area (Å²) in [5.74, 6) is 0. The molecule has 13 aromatic carbocycles. The lowest BCUT2D eigenvalue weighted by atomic mass is 9.68. The van der Waals surface area contributed by atoms with Gasteiger partial charge in [-0.25, -0.2) is 0 Å². The molecule has 1 spiro atoms. The second-order valence-electron chi connectivity index (χ2n) is 19.2. The number of fused-ring (bicyclic) bond motifs is 21. The Bertz CT molecular complexity index is 4260. The van der Waals surface area contributed by atoms with Gasteiger partial charge in [0.05, 0.1) is 5.41 Å². The highest BCUT2D eigenvalue weighted by Gasteiger charge is 2.54. The van der Waals surface area contributed by atoms with Gasteiger partial charge in [0.15, 0.2) is 0 Å². The van der Waals surface area contributed by atoms with Gasteiger partial charge in [-0.05, 0) is 160 Å². The van der Waals surface area contributed by atoms with Gasteiger partial charge in [0, 0.05) is 0 Å². The third-order valence-electron chi connectivity index (χ3n) is 16.2. The van der Waals surface area contributed by atoms with Crippen LogP contribution in [0.25, 0.3) is 132 Å². The molecule has 0 aromatic heterocycles. The first-order valence-corrected chi connectivity index (χ1v) is 24.3. The Morgan fingerprint density at radius 1 is 0.203 bits per heavy atom. The van der Waals surface area contributed by atoms with Gasteiger partial charge in [-0.3, -0.25) is 0 Å². The normalized spacial score (nSPS) is 13.3. The Morgan fingerprint density at radius 3 is 1.20 bits per heavy atom. The predicted molar refractivity (Wildman–Crippen MR) is 291 cm³/mol. The largest absolute Gasteiger partial charge is 0.0737 e. The van der Waals surface area contributed by atoms with Crippen LogP contribution in [0.2, 0.25) is 0 Å². The van der Waals surface area contributed by atoms with Crippen molar-refractivity contribution >= 4 is 53.9 Å². The lowest BCUT2D eigenvalue weighted by Crippen LogP contribution is -2.26. The van der Waals surface area contributed by atoms with E-state index in [4.69, 9.17) is 0 Å². The molecule has 0 amide bonds. The zero-order chi connectivity index (χ0) is 45.0. The van der Waals surface area contributed by atoms with E-state index in [1.165, 1.54) is 154 Å². The average molecular weight is 869 g/mol. The van der Waals surface area contributed by atoms with Crippen LogP contribution in [0, 0.1) is 0 Å². The molecule has 0 bridgehead atoms. The van der Waals surface area contributed by atoms with Crippen molar-refractivity contribution in [1.29, 1.82) is 0 Å². The molecule has 316 valence electrons. The van der Waals surface area contributed by atoms with E-state index in [1.807, 2.05) is 0 Å². The molecule has 16 rings (SSSR count). The molecule has 0 radical (unpaired) electrons. The molecule has 0 saturated heterocycles. The van der Waals surface area contributed by atoms with E-state index < -0.39 is 5.41 Å². The van der Waals surface area contributed by atoms with Gasteiger partial charge in [-0.2, -0.15) is 0 Å². The minimum Gasteiger partial charge on any atom is -0.0622 e. The monoisotopic (exact) mass is 868 g/mol. The minimum atomic E-state index is -0.535. The van der Waals surface area contributed by atoms with Crippen LogP contribution in [0.4, 0.5) is 0 Å². The SMILES string of the molecule is c1ccc(-c2c3c(c(-c4ccccc4)c4ccccc24)-c2ccc(-c4cc5c(c6ccccc46)C4(c6ccccc6-c6ccccc64)c4c-5c5ccccc5c5ccccc45)c4cccc-3c24)cc1. The first kappa shape index (κ1) is 37.3. The number of hydrogen-bond donors (Lipinski definition) is 0. The number of hydrogen-bond acceptors (Lipinski definition) is 0. The Balaban J connectivity index is 1.06. The molecular weight excluding hydrogens is 829 g/mol. The number of rotatable bonds is 3. The Labute approximate surface area is 400 Å². The molecule has 3 aliphatic carbocycles. The third-order valence-corrected chi connectivity index (χ3v) is 16.2. The van der Waals surface area contributed by atoms with E-state index in [0.29, 0.717) is 0 Å². The molecule has 0 atom stereocenters. The lowest BCUT2D eigenvalue weighted by Gasteiger charge is -2.33. The van der Waals surface area contributed by atoms with Crippen molar-refractivity contribution in [3.8, 4) is 77.9 Å². The standard InChI is InChI=1S/C69H40/c1-3-20-41(21-4-1)61-51-30-11-12-31-52(51)62(42-22-5-2-6-23-42)66-56-39-38-46(49-34-19-35-55(63(49)56)65(61)66)57-40-58-64-50-29-10-7-24-43(50)44-25-8-14-33-54(44)68(64)69(67(58)53-32-13-9-26-45(53)57)59-36-17-15-27-47(59)48-28-16-18-37-60(48)69/h1-40H. The maximum Gasteiger partial charge on any atom is 0.0737 e. The number of benzene rings is 13. The molecule has 69 heavy (non-hydrogen) atoms. The van der Waals surface area contributed by atoms with Crippen molar-refractivity contribution in [2.24, 2.45) is 0 Å². The summed E-state index contributed by atoms with van der Waals surface area (Å²) >= 11 is 0. The summed E-state index contributed by atoms with van der Waals surface area (Å²) in [5.41, 5.74) is 23.1. The van der Waals surface area contributed by atoms with E-state index in [1.54, 1.807) is 0 Å². The van der Waals surface area contributed by atoms with E-state index >= 15 is 0 Å². The fourth-order valence-corrected chi connectivity index (χ4v) is 13.8. The first-order valence-electron chi connectivity index (χ1n) is 24.3. The molecular formula is C69H40. The molecule has 13 aromatic rings. The van der Waals surface area contributed by atoms with Crippen molar-refractivity contribution in [2.45, 2.75) is 5.41 Å². The third kappa shape index (κ3) is 4.64. The van der Waals surface area contributed by atoms with Crippen LogP contribution in [0.5, 0.6) is 0 Å². The predicted octanol–water partition coefficient (Wildman–Crippen LogP) is 18.4. The van der Waals surface area contributed by atoms with Crippen molar-refractivity contribution < 1.29 is 0 Å². The van der Waals surface area contributed by atoms with Gasteiger partial charge in [-0.1, -0.05) is 237 Å². The van der Waals surface area contributed by atoms with E-state index in [9.17, 15) is 0 Å². The highest BCUT2D eigenvalue weighted by Crippen LogP contribution is 2.68. The molecule has 0 heteroatoms. The summed E-state index contributed by atoms with van der Waals surface area (Å²) in [6.45, 7) is 0. The molecule has 0 N–H and O–H groups in total. The van der Waals surface area contributed by atoms with Gasteiger partial charge in [-0.15, -0.1) is 0 Å². The summed E-state index contributed by atoms with van der Waals surface area (Å²) in [5, 5.41) is 12.9. The summed E-state index contributed by atoms with van der Waals surface area (Å²) in [6.07, 6.45) is 0. The average Bonchev–Trinajstić information content (AvgIpc) is 4.03. The highest BCUT2D eigenvalue weighted by molar-refractivity contribution is 6.30. The lowest BCUT2D eigenvalue weighted by molar-refractivity contribution is 0.809. The van der Waals surface area contributed by atoms with Crippen LogP contribution in [0.3, 0.4) is 0 Å². The molecule has 0 fully saturated rings. The van der Waals surface area contributed by atoms with Crippen LogP contribution in [0.15, 0.2) is 243 Å². The quantitative estimate of drug-likeness (QED) is 0.155. The van der Waals surface area contributed by atoms with E-state index in [0.717, 1.165) is 0 Å². The summed E-state index contributed by atoms with van der Waals surface area (Å²) in [7, 11) is 0. The first-order chi connectivity index (χ1) is 34.3. The minimum absolute atomic E-state index is 0.535. The van der Waals surface area contributed by atoms with Crippen molar-refractivity contribution in [2.75, 3.05) is 0 Å². The van der Waals surface area contributed by atoms with Gasteiger partial charge in [0.2, 0.25) is 0 Å².